The number of pyridine rings is 1. The van der Waals surface area contributed by atoms with Crippen LogP contribution in [0.15, 0.2) is 41.9 Å². The molecule has 3 N–H and O–H groups in total. The minimum absolute atomic E-state index is 0.272. The van der Waals surface area contributed by atoms with E-state index in [2.05, 4.69) is 47.2 Å². The number of anilines is 1. The monoisotopic (exact) mass is 453 g/mol. The van der Waals surface area contributed by atoms with Gasteiger partial charge in [-0.25, -0.2) is 0 Å². The Morgan fingerprint density at radius 1 is 1.39 bits per heavy atom. The first-order valence-electron chi connectivity index (χ1n) is 10.9. The summed E-state index contributed by atoms with van der Waals surface area (Å²) in [5, 5.41) is 11.9. The number of nitrogens with one attached hydrogen (secondary N) is 3. The van der Waals surface area contributed by atoms with Crippen LogP contribution in [0.25, 0.3) is 5.70 Å². The van der Waals surface area contributed by atoms with Crippen molar-refractivity contribution in [2.24, 2.45) is 0 Å². The SMILES string of the molecule is C=CNc1sc(SNC2(C)CC2)cc1C(=C)N(CCC=N)Cc1cnc2c(c1)CCC2. The predicted octanol–water partition coefficient (Wildman–Crippen LogP) is 5.85. The van der Waals surface area contributed by atoms with Gasteiger partial charge in [0.15, 0.2) is 0 Å². The molecule has 0 radical (unpaired) electrons. The van der Waals surface area contributed by atoms with Crippen molar-refractivity contribution in [3.05, 3.63) is 60.1 Å². The van der Waals surface area contributed by atoms with E-state index < -0.39 is 0 Å². The summed E-state index contributed by atoms with van der Waals surface area (Å²) in [4.78, 5) is 6.96. The van der Waals surface area contributed by atoms with Crippen molar-refractivity contribution in [3.8, 4) is 0 Å². The minimum Gasteiger partial charge on any atom is -0.367 e. The lowest BCUT2D eigenvalue weighted by molar-refractivity contribution is 0.403. The topological polar surface area (TPSA) is 64.0 Å². The van der Waals surface area contributed by atoms with Gasteiger partial charge in [0.2, 0.25) is 0 Å². The van der Waals surface area contributed by atoms with E-state index in [9.17, 15) is 0 Å². The first-order valence-corrected chi connectivity index (χ1v) is 12.5. The van der Waals surface area contributed by atoms with Gasteiger partial charge in [-0.1, -0.05) is 19.2 Å². The molecule has 31 heavy (non-hydrogen) atoms. The second kappa shape index (κ2) is 9.59. The van der Waals surface area contributed by atoms with Crippen LogP contribution in [0.5, 0.6) is 0 Å². The summed E-state index contributed by atoms with van der Waals surface area (Å²) >= 11 is 3.42. The average molecular weight is 454 g/mol. The van der Waals surface area contributed by atoms with Crippen molar-refractivity contribution in [1.29, 1.82) is 5.41 Å². The van der Waals surface area contributed by atoms with E-state index in [1.54, 1.807) is 29.5 Å². The zero-order valence-electron chi connectivity index (χ0n) is 18.2. The molecule has 164 valence electrons. The van der Waals surface area contributed by atoms with Crippen LogP contribution in [0.4, 0.5) is 5.00 Å². The lowest BCUT2D eigenvalue weighted by Gasteiger charge is -2.27. The summed E-state index contributed by atoms with van der Waals surface area (Å²) in [6.45, 7) is 12.1. The molecular weight excluding hydrogens is 422 g/mol. The molecule has 1 fully saturated rings. The first-order chi connectivity index (χ1) is 15.0. The van der Waals surface area contributed by atoms with Gasteiger partial charge < -0.3 is 15.6 Å². The molecular formula is C24H31N5S2. The quantitative estimate of drug-likeness (QED) is 0.278. The van der Waals surface area contributed by atoms with Gasteiger partial charge in [0.1, 0.15) is 5.00 Å². The fraction of sp³-hybridized carbons (Fsp3) is 0.417. The Balaban J connectivity index is 1.54. The summed E-state index contributed by atoms with van der Waals surface area (Å²) in [6, 6.07) is 4.51. The van der Waals surface area contributed by atoms with E-state index in [0.717, 1.165) is 42.2 Å². The molecule has 2 aliphatic carbocycles. The number of nitrogens with zero attached hydrogens (tertiary/aromatic N) is 2. The summed E-state index contributed by atoms with van der Waals surface area (Å²) in [5.74, 6) is 0. The summed E-state index contributed by atoms with van der Waals surface area (Å²) in [7, 11) is 0. The van der Waals surface area contributed by atoms with Crippen molar-refractivity contribution < 1.29 is 0 Å². The summed E-state index contributed by atoms with van der Waals surface area (Å²) in [6.07, 6.45) is 11.8. The third-order valence-electron chi connectivity index (χ3n) is 5.93. The zero-order valence-corrected chi connectivity index (χ0v) is 19.8. The van der Waals surface area contributed by atoms with E-state index in [0.29, 0.717) is 6.42 Å². The maximum atomic E-state index is 7.52. The lowest BCUT2D eigenvalue weighted by Crippen LogP contribution is -2.23. The normalized spacial score (nSPS) is 15.9. The van der Waals surface area contributed by atoms with Crippen molar-refractivity contribution >= 4 is 40.2 Å². The van der Waals surface area contributed by atoms with Crippen molar-refractivity contribution in [1.82, 2.24) is 14.6 Å². The molecule has 1 saturated carbocycles. The number of hydrogen-bond donors (Lipinski definition) is 3. The number of aromatic nitrogens is 1. The summed E-state index contributed by atoms with van der Waals surface area (Å²) < 4.78 is 4.80. The molecule has 2 heterocycles. The number of aryl methyl sites for hydroxylation is 2. The molecule has 0 spiro atoms. The highest BCUT2D eigenvalue weighted by atomic mass is 32.2. The fourth-order valence-electron chi connectivity index (χ4n) is 3.78. The molecule has 2 aromatic rings. The standard InChI is InChI=1S/C24H31N5S2/c1-4-26-23-20(14-22(30-23)31-28-24(3)9-10-24)17(2)29(12-6-11-25)16-18-13-19-7-5-8-21(19)27-15-18/h4,11,13-15,25-26,28H,1-2,5-10,12,16H2,3H3. The Morgan fingerprint density at radius 2 is 2.23 bits per heavy atom. The van der Waals surface area contributed by atoms with Crippen molar-refractivity contribution in [2.45, 2.75) is 61.7 Å². The number of hydrogen-bond acceptors (Lipinski definition) is 7. The van der Waals surface area contributed by atoms with Crippen LogP contribution in [0, 0.1) is 5.41 Å². The maximum Gasteiger partial charge on any atom is 0.103 e. The lowest BCUT2D eigenvalue weighted by atomic mass is 10.1. The van der Waals surface area contributed by atoms with Crippen LogP contribution < -0.4 is 10.0 Å². The molecule has 5 nitrogen and oxygen atoms in total. The van der Waals surface area contributed by atoms with Gasteiger partial charge in [-0.05, 0) is 87.0 Å². The number of thiophene rings is 1. The van der Waals surface area contributed by atoms with Gasteiger partial charge in [-0.15, -0.1) is 11.3 Å². The van der Waals surface area contributed by atoms with Gasteiger partial charge in [0.05, 0.1) is 4.21 Å². The second-order valence-corrected chi connectivity index (χ2v) is 10.7. The highest BCUT2D eigenvalue weighted by Gasteiger charge is 2.37. The Hall–Kier alpha value is -2.09. The Bertz CT molecular complexity index is 976. The molecule has 2 aromatic heterocycles. The average Bonchev–Trinajstić information content (AvgIpc) is 3.15. The van der Waals surface area contributed by atoms with Crippen LogP contribution >= 0.6 is 23.3 Å². The molecule has 0 bridgehead atoms. The van der Waals surface area contributed by atoms with Gasteiger partial charge in [0.25, 0.3) is 0 Å². The van der Waals surface area contributed by atoms with Crippen LogP contribution in [0.3, 0.4) is 0 Å². The van der Waals surface area contributed by atoms with E-state index in [-0.39, 0.29) is 5.54 Å². The predicted molar refractivity (Wildman–Crippen MR) is 134 cm³/mol. The molecule has 0 aromatic carbocycles. The molecule has 7 heteroatoms. The van der Waals surface area contributed by atoms with Crippen molar-refractivity contribution in [2.75, 3.05) is 11.9 Å². The highest BCUT2D eigenvalue weighted by molar-refractivity contribution is 7.99. The van der Waals surface area contributed by atoms with E-state index in [1.807, 2.05) is 6.20 Å². The van der Waals surface area contributed by atoms with E-state index >= 15 is 0 Å². The van der Waals surface area contributed by atoms with Crippen LogP contribution in [0.2, 0.25) is 0 Å². The third-order valence-corrected chi connectivity index (χ3v) is 8.20. The Kier molecular flexibility index (Phi) is 6.84. The second-order valence-electron chi connectivity index (χ2n) is 8.59. The molecule has 0 aliphatic heterocycles. The first kappa shape index (κ1) is 22.1. The van der Waals surface area contributed by atoms with Crippen molar-refractivity contribution in [3.63, 3.8) is 0 Å². The van der Waals surface area contributed by atoms with Gasteiger partial charge in [0, 0.05) is 41.8 Å². The van der Waals surface area contributed by atoms with E-state index in [1.165, 1.54) is 46.5 Å². The zero-order chi connectivity index (χ0) is 21.8. The largest absolute Gasteiger partial charge is 0.367 e. The van der Waals surface area contributed by atoms with Crippen LogP contribution in [-0.4, -0.2) is 28.2 Å². The molecule has 0 atom stereocenters. The molecule has 0 saturated heterocycles. The smallest absolute Gasteiger partial charge is 0.103 e. The number of fused-ring (bicyclic) bond motifs is 1. The fourth-order valence-corrected chi connectivity index (χ4v) is 5.86. The number of rotatable bonds is 12. The van der Waals surface area contributed by atoms with Gasteiger partial charge >= 0.3 is 0 Å². The maximum absolute atomic E-state index is 7.52. The Morgan fingerprint density at radius 3 is 2.97 bits per heavy atom. The van der Waals surface area contributed by atoms with Gasteiger partial charge in [-0.2, -0.15) is 0 Å². The molecule has 0 unspecified atom stereocenters. The highest BCUT2D eigenvalue weighted by Crippen LogP contribution is 2.42. The minimum atomic E-state index is 0.272. The van der Waals surface area contributed by atoms with E-state index in [4.69, 9.17) is 10.4 Å². The van der Waals surface area contributed by atoms with Gasteiger partial charge in [-0.3, -0.25) is 9.71 Å². The molecule has 4 rings (SSSR count). The van der Waals surface area contributed by atoms with Crippen LogP contribution in [0.1, 0.15) is 55.0 Å². The third kappa shape index (κ3) is 5.40. The summed E-state index contributed by atoms with van der Waals surface area (Å²) in [5.41, 5.74) is 6.18. The Labute approximate surface area is 193 Å². The molecule has 2 aliphatic rings. The molecule has 0 amide bonds. The van der Waals surface area contributed by atoms with Crippen LogP contribution in [-0.2, 0) is 19.4 Å².